The summed E-state index contributed by atoms with van der Waals surface area (Å²) < 4.78 is 10.9. The molecule has 0 aliphatic heterocycles. The SMILES string of the molecule is C=CC.CCCCCc1cc(OC(C)=O)c(C2C=C(C(=O)O)CCC2)c(OC(C)=O)c1. The van der Waals surface area contributed by atoms with Gasteiger partial charge >= 0.3 is 17.9 Å². The minimum Gasteiger partial charge on any atom is -0.478 e. The second-order valence-corrected chi connectivity index (χ2v) is 7.55. The molecule has 1 N–H and O–H groups in total. The van der Waals surface area contributed by atoms with Crippen LogP contribution < -0.4 is 9.47 Å². The van der Waals surface area contributed by atoms with E-state index in [1.807, 2.05) is 19.1 Å². The van der Waals surface area contributed by atoms with Gasteiger partial charge in [-0.1, -0.05) is 31.9 Å². The quantitative estimate of drug-likeness (QED) is 0.245. The molecule has 0 amide bonds. The zero-order valence-electron chi connectivity index (χ0n) is 19.0. The first-order chi connectivity index (χ1) is 14.7. The van der Waals surface area contributed by atoms with Gasteiger partial charge in [0.05, 0.1) is 0 Å². The number of rotatable bonds is 8. The standard InChI is InChI=1S/C22H28O6.C3H6/c1-4-5-6-8-16-11-19(27-14(2)23)21(20(12-16)28-15(3)24)17-9-7-10-18(13-17)22(25)26;1-3-2/h11-13,17H,4-10H2,1-3H3,(H,25,26);3H,1H2,2H3. The van der Waals surface area contributed by atoms with E-state index in [0.29, 0.717) is 41.9 Å². The van der Waals surface area contributed by atoms with Gasteiger partial charge in [0.1, 0.15) is 11.5 Å². The van der Waals surface area contributed by atoms with Crippen molar-refractivity contribution in [2.45, 2.75) is 78.6 Å². The van der Waals surface area contributed by atoms with Crippen molar-refractivity contribution in [1.82, 2.24) is 0 Å². The van der Waals surface area contributed by atoms with Gasteiger partial charge in [0.2, 0.25) is 0 Å². The lowest BCUT2D eigenvalue weighted by molar-refractivity contribution is -0.133. The maximum absolute atomic E-state index is 11.7. The number of aryl methyl sites for hydroxylation is 1. The molecule has 31 heavy (non-hydrogen) atoms. The van der Waals surface area contributed by atoms with Gasteiger partial charge in [-0.05, 0) is 56.7 Å². The molecule has 1 aliphatic carbocycles. The first-order valence-corrected chi connectivity index (χ1v) is 10.8. The van der Waals surface area contributed by atoms with Gasteiger partial charge in [0, 0.05) is 30.9 Å². The summed E-state index contributed by atoms with van der Waals surface area (Å²) in [5.41, 5.74) is 1.80. The van der Waals surface area contributed by atoms with Gasteiger partial charge in [-0.3, -0.25) is 9.59 Å². The number of unbranched alkanes of at least 4 members (excludes halogenated alkanes) is 2. The van der Waals surface area contributed by atoms with Crippen LogP contribution in [0.5, 0.6) is 11.5 Å². The maximum atomic E-state index is 11.7. The molecule has 1 aliphatic rings. The summed E-state index contributed by atoms with van der Waals surface area (Å²) in [6, 6.07) is 3.62. The zero-order chi connectivity index (χ0) is 23.4. The number of aliphatic carboxylic acids is 1. The molecule has 0 saturated carbocycles. The van der Waals surface area contributed by atoms with Gasteiger partial charge < -0.3 is 14.6 Å². The van der Waals surface area contributed by atoms with E-state index < -0.39 is 17.9 Å². The normalized spacial score (nSPS) is 15.1. The largest absolute Gasteiger partial charge is 0.478 e. The number of benzene rings is 1. The molecule has 0 fully saturated rings. The molecule has 0 heterocycles. The van der Waals surface area contributed by atoms with Crippen molar-refractivity contribution in [3.8, 4) is 11.5 Å². The summed E-state index contributed by atoms with van der Waals surface area (Å²) in [7, 11) is 0. The Morgan fingerprint density at radius 3 is 2.13 bits per heavy atom. The zero-order valence-corrected chi connectivity index (χ0v) is 19.0. The summed E-state index contributed by atoms with van der Waals surface area (Å²) in [6.07, 6.45) is 9.20. The van der Waals surface area contributed by atoms with E-state index in [1.165, 1.54) is 13.8 Å². The van der Waals surface area contributed by atoms with Crippen molar-refractivity contribution in [3.05, 3.63) is 47.6 Å². The van der Waals surface area contributed by atoms with Crippen molar-refractivity contribution >= 4 is 17.9 Å². The van der Waals surface area contributed by atoms with E-state index in [2.05, 4.69) is 13.5 Å². The van der Waals surface area contributed by atoms with Gasteiger partial charge in [0.25, 0.3) is 0 Å². The molecule has 0 spiro atoms. The van der Waals surface area contributed by atoms with Crippen LogP contribution in [0.2, 0.25) is 0 Å². The van der Waals surface area contributed by atoms with Gasteiger partial charge in [0.15, 0.2) is 0 Å². The highest BCUT2D eigenvalue weighted by molar-refractivity contribution is 5.87. The Balaban J connectivity index is 0.00000151. The molecule has 1 aromatic rings. The Hall–Kier alpha value is -2.89. The van der Waals surface area contributed by atoms with Crippen molar-refractivity contribution in [2.24, 2.45) is 0 Å². The monoisotopic (exact) mass is 430 g/mol. The Morgan fingerprint density at radius 1 is 1.13 bits per heavy atom. The van der Waals surface area contributed by atoms with E-state index in [-0.39, 0.29) is 5.92 Å². The smallest absolute Gasteiger partial charge is 0.331 e. The topological polar surface area (TPSA) is 89.9 Å². The van der Waals surface area contributed by atoms with Gasteiger partial charge in [-0.25, -0.2) is 4.79 Å². The highest BCUT2D eigenvalue weighted by atomic mass is 16.5. The Labute approximate surface area is 184 Å². The van der Waals surface area contributed by atoms with Crippen LogP contribution in [0.4, 0.5) is 0 Å². The molecule has 1 aromatic carbocycles. The van der Waals surface area contributed by atoms with Gasteiger partial charge in [-0.2, -0.15) is 0 Å². The van der Waals surface area contributed by atoms with Crippen LogP contribution in [-0.4, -0.2) is 23.0 Å². The molecule has 0 bridgehead atoms. The van der Waals surface area contributed by atoms with Crippen molar-refractivity contribution in [2.75, 3.05) is 0 Å². The van der Waals surface area contributed by atoms with E-state index in [4.69, 9.17) is 9.47 Å². The third-order valence-electron chi connectivity index (χ3n) is 4.75. The van der Waals surface area contributed by atoms with E-state index in [0.717, 1.165) is 31.2 Å². The molecule has 1 atom stereocenters. The summed E-state index contributed by atoms with van der Waals surface area (Å²) in [5.74, 6) is -1.52. The lowest BCUT2D eigenvalue weighted by Crippen LogP contribution is -2.15. The predicted molar refractivity (Wildman–Crippen MR) is 120 cm³/mol. The molecule has 2 rings (SSSR count). The molecule has 0 saturated heterocycles. The fourth-order valence-corrected chi connectivity index (χ4v) is 3.55. The third-order valence-corrected chi connectivity index (χ3v) is 4.75. The lowest BCUT2D eigenvalue weighted by atomic mass is 9.84. The molecule has 0 aromatic heterocycles. The first kappa shape index (κ1) is 26.1. The number of allylic oxidation sites excluding steroid dienone is 2. The molecular formula is C25H34O6. The number of carboxylic acid groups (broad SMARTS) is 1. The van der Waals surface area contributed by atoms with Crippen LogP contribution in [0, 0.1) is 0 Å². The van der Waals surface area contributed by atoms with Crippen LogP contribution in [0.15, 0.2) is 36.4 Å². The molecule has 1 unspecified atom stereocenters. The van der Waals surface area contributed by atoms with E-state index >= 15 is 0 Å². The highest BCUT2D eigenvalue weighted by Crippen LogP contribution is 2.43. The number of hydrogen-bond acceptors (Lipinski definition) is 5. The Kier molecular flexibility index (Phi) is 11.3. The van der Waals surface area contributed by atoms with Crippen LogP contribution >= 0.6 is 0 Å². The summed E-state index contributed by atoms with van der Waals surface area (Å²) in [4.78, 5) is 34.8. The highest BCUT2D eigenvalue weighted by Gasteiger charge is 2.27. The average Bonchev–Trinajstić information content (AvgIpc) is 2.68. The Bertz CT molecular complexity index is 784. The maximum Gasteiger partial charge on any atom is 0.331 e. The number of ether oxygens (including phenoxy) is 2. The van der Waals surface area contributed by atoms with Crippen LogP contribution in [0.3, 0.4) is 0 Å². The van der Waals surface area contributed by atoms with E-state index in [1.54, 1.807) is 12.2 Å². The molecule has 6 heteroatoms. The predicted octanol–water partition coefficient (Wildman–Crippen LogP) is 5.74. The second-order valence-electron chi connectivity index (χ2n) is 7.55. The third kappa shape index (κ3) is 8.79. The summed E-state index contributed by atoms with van der Waals surface area (Å²) in [5, 5.41) is 9.36. The van der Waals surface area contributed by atoms with Crippen molar-refractivity contribution in [3.63, 3.8) is 0 Å². The summed E-state index contributed by atoms with van der Waals surface area (Å²) >= 11 is 0. The Morgan fingerprint density at radius 2 is 1.68 bits per heavy atom. The first-order valence-electron chi connectivity index (χ1n) is 10.8. The fourth-order valence-electron chi connectivity index (χ4n) is 3.55. The molecule has 0 radical (unpaired) electrons. The van der Waals surface area contributed by atoms with Crippen LogP contribution in [0.1, 0.15) is 83.3 Å². The molecular weight excluding hydrogens is 396 g/mol. The average molecular weight is 431 g/mol. The number of carbonyl (C=O) groups is 3. The number of esters is 2. The molecule has 170 valence electrons. The van der Waals surface area contributed by atoms with Crippen LogP contribution in [-0.2, 0) is 20.8 Å². The van der Waals surface area contributed by atoms with E-state index in [9.17, 15) is 19.5 Å². The number of carboxylic acids is 1. The summed E-state index contributed by atoms with van der Waals surface area (Å²) in [6.45, 7) is 10.0. The van der Waals surface area contributed by atoms with Crippen molar-refractivity contribution in [1.29, 1.82) is 0 Å². The molecule has 6 nitrogen and oxygen atoms in total. The minimum absolute atomic E-state index is 0.298. The van der Waals surface area contributed by atoms with Crippen LogP contribution in [0.25, 0.3) is 0 Å². The number of hydrogen-bond donors (Lipinski definition) is 1. The van der Waals surface area contributed by atoms with Crippen molar-refractivity contribution < 1.29 is 29.0 Å². The second kappa shape index (κ2) is 13.4. The van der Waals surface area contributed by atoms with Gasteiger partial charge in [-0.15, -0.1) is 6.58 Å². The number of carbonyl (C=O) groups excluding carboxylic acids is 2. The minimum atomic E-state index is -0.955. The fraction of sp³-hybridized carbons (Fsp3) is 0.480. The lowest BCUT2D eigenvalue weighted by Gasteiger charge is -2.24.